The number of pyridine rings is 1. The number of aryl methyl sites for hydroxylation is 1. The highest BCUT2D eigenvalue weighted by Gasteiger charge is 2.17. The minimum atomic E-state index is -1.64. The van der Waals surface area contributed by atoms with E-state index in [9.17, 15) is 4.79 Å². The fourth-order valence-corrected chi connectivity index (χ4v) is 1.00. The van der Waals surface area contributed by atoms with Gasteiger partial charge in [0.15, 0.2) is 0 Å². The van der Waals surface area contributed by atoms with Gasteiger partial charge in [0.25, 0.3) is 5.56 Å². The summed E-state index contributed by atoms with van der Waals surface area (Å²) in [6.07, 6.45) is 1.33. The van der Waals surface area contributed by atoms with E-state index in [4.69, 9.17) is 14.8 Å². The van der Waals surface area contributed by atoms with E-state index in [0.717, 1.165) is 0 Å². The Bertz CT molecular complexity index is 360. The van der Waals surface area contributed by atoms with Crippen LogP contribution in [0.4, 0.5) is 0 Å². The summed E-state index contributed by atoms with van der Waals surface area (Å²) in [5, 5.41) is 17.8. The van der Waals surface area contributed by atoms with E-state index >= 15 is 0 Å². The van der Waals surface area contributed by atoms with Crippen molar-refractivity contribution in [2.45, 2.75) is 0 Å². The van der Waals surface area contributed by atoms with Gasteiger partial charge in [0.1, 0.15) is 5.75 Å². The van der Waals surface area contributed by atoms with Gasteiger partial charge < -0.3 is 19.4 Å². The van der Waals surface area contributed by atoms with E-state index in [1.807, 2.05) is 0 Å². The Morgan fingerprint density at radius 2 is 2.15 bits per heavy atom. The monoisotopic (exact) mass is 183 g/mol. The Labute approximate surface area is 75.3 Å². The minimum Gasteiger partial charge on any atom is -0.497 e. The lowest BCUT2D eigenvalue weighted by atomic mass is 9.81. The third kappa shape index (κ3) is 1.91. The highest BCUT2D eigenvalue weighted by atomic mass is 16.5. The second-order valence-corrected chi connectivity index (χ2v) is 2.62. The maximum absolute atomic E-state index is 11.1. The first kappa shape index (κ1) is 9.82. The van der Waals surface area contributed by atoms with Crippen molar-refractivity contribution in [3.8, 4) is 5.75 Å². The molecular formula is C7H10BNO4. The Morgan fingerprint density at radius 3 is 2.62 bits per heavy atom. The summed E-state index contributed by atoms with van der Waals surface area (Å²) >= 11 is 0. The van der Waals surface area contributed by atoms with Crippen LogP contribution in [0.1, 0.15) is 0 Å². The van der Waals surface area contributed by atoms with Crippen molar-refractivity contribution in [1.29, 1.82) is 0 Å². The van der Waals surface area contributed by atoms with Crippen molar-refractivity contribution >= 4 is 12.6 Å². The highest BCUT2D eigenvalue weighted by Crippen LogP contribution is 2.01. The van der Waals surface area contributed by atoms with Crippen LogP contribution in [-0.2, 0) is 7.05 Å². The fourth-order valence-electron chi connectivity index (χ4n) is 1.00. The van der Waals surface area contributed by atoms with Crippen LogP contribution < -0.4 is 15.8 Å². The van der Waals surface area contributed by atoms with Gasteiger partial charge in [-0.05, 0) is 0 Å². The van der Waals surface area contributed by atoms with Gasteiger partial charge in [-0.2, -0.15) is 0 Å². The summed E-state index contributed by atoms with van der Waals surface area (Å²) in [6.45, 7) is 0. The predicted molar refractivity (Wildman–Crippen MR) is 48.1 cm³/mol. The Morgan fingerprint density at radius 1 is 1.54 bits per heavy atom. The topological polar surface area (TPSA) is 71.7 Å². The van der Waals surface area contributed by atoms with Crippen molar-refractivity contribution in [2.24, 2.45) is 7.05 Å². The van der Waals surface area contributed by atoms with E-state index in [0.29, 0.717) is 0 Å². The largest absolute Gasteiger partial charge is 0.497 e. The molecular weight excluding hydrogens is 173 g/mol. The molecule has 0 aromatic carbocycles. The zero-order valence-corrected chi connectivity index (χ0v) is 7.39. The van der Waals surface area contributed by atoms with Crippen molar-refractivity contribution in [3.05, 3.63) is 22.6 Å². The molecule has 0 amide bonds. The Kier molecular flexibility index (Phi) is 2.74. The number of hydrogen-bond donors (Lipinski definition) is 2. The van der Waals surface area contributed by atoms with Gasteiger partial charge in [0.2, 0.25) is 0 Å². The lowest BCUT2D eigenvalue weighted by molar-refractivity contribution is 0.401. The lowest BCUT2D eigenvalue weighted by Crippen LogP contribution is -2.35. The molecule has 0 unspecified atom stereocenters. The first-order valence-electron chi connectivity index (χ1n) is 3.67. The molecule has 0 spiro atoms. The molecule has 70 valence electrons. The van der Waals surface area contributed by atoms with Crippen LogP contribution in [0.5, 0.6) is 5.75 Å². The molecule has 6 heteroatoms. The number of hydrogen-bond acceptors (Lipinski definition) is 4. The standard InChI is InChI=1S/C7H10BNO4/c1-9-4-5(8(11)12)6(13-2)3-7(9)10/h3-4,11-12H,1-2H3. The van der Waals surface area contributed by atoms with Gasteiger partial charge in [-0.1, -0.05) is 0 Å². The van der Waals surface area contributed by atoms with E-state index in [1.54, 1.807) is 0 Å². The average molecular weight is 183 g/mol. The maximum Gasteiger partial charge on any atom is 0.493 e. The zero-order chi connectivity index (χ0) is 10.0. The maximum atomic E-state index is 11.1. The third-order valence-electron chi connectivity index (χ3n) is 1.72. The molecule has 0 aliphatic heterocycles. The summed E-state index contributed by atoms with van der Waals surface area (Å²) in [6, 6.07) is 1.20. The van der Waals surface area contributed by atoms with Crippen molar-refractivity contribution in [1.82, 2.24) is 4.57 Å². The van der Waals surface area contributed by atoms with Crippen LogP contribution in [0.3, 0.4) is 0 Å². The molecule has 0 saturated carbocycles. The molecule has 0 aliphatic rings. The molecule has 13 heavy (non-hydrogen) atoms. The Balaban J connectivity index is 3.33. The van der Waals surface area contributed by atoms with Gasteiger partial charge in [0, 0.05) is 24.8 Å². The van der Waals surface area contributed by atoms with Crippen molar-refractivity contribution < 1.29 is 14.8 Å². The van der Waals surface area contributed by atoms with E-state index in [-0.39, 0.29) is 16.8 Å². The number of nitrogens with zero attached hydrogens (tertiary/aromatic N) is 1. The van der Waals surface area contributed by atoms with Crippen LogP contribution in [0.25, 0.3) is 0 Å². The first-order valence-corrected chi connectivity index (χ1v) is 3.67. The number of ether oxygens (including phenoxy) is 1. The molecule has 0 bridgehead atoms. The van der Waals surface area contributed by atoms with Gasteiger partial charge in [-0.15, -0.1) is 0 Å². The second-order valence-electron chi connectivity index (χ2n) is 2.62. The van der Waals surface area contributed by atoms with Gasteiger partial charge >= 0.3 is 7.12 Å². The fraction of sp³-hybridized carbons (Fsp3) is 0.286. The van der Waals surface area contributed by atoms with Gasteiger partial charge in [-0.3, -0.25) is 4.79 Å². The molecule has 1 aromatic heterocycles. The highest BCUT2D eigenvalue weighted by molar-refractivity contribution is 6.59. The molecule has 0 radical (unpaired) electrons. The van der Waals surface area contributed by atoms with Crippen LogP contribution in [0.15, 0.2) is 17.1 Å². The van der Waals surface area contributed by atoms with Crippen molar-refractivity contribution in [2.75, 3.05) is 7.11 Å². The van der Waals surface area contributed by atoms with Crippen LogP contribution in [0, 0.1) is 0 Å². The molecule has 1 rings (SSSR count). The third-order valence-corrected chi connectivity index (χ3v) is 1.72. The summed E-state index contributed by atoms with van der Waals surface area (Å²) in [5.41, 5.74) is -0.0918. The second kappa shape index (κ2) is 3.63. The first-order chi connectivity index (χ1) is 6.06. The molecule has 5 nitrogen and oxygen atoms in total. The van der Waals surface area contributed by atoms with Crippen LogP contribution in [0.2, 0.25) is 0 Å². The summed E-state index contributed by atoms with van der Waals surface area (Å²) < 4.78 is 6.06. The van der Waals surface area contributed by atoms with Crippen molar-refractivity contribution in [3.63, 3.8) is 0 Å². The molecule has 1 aromatic rings. The molecule has 0 fully saturated rings. The molecule has 0 atom stereocenters. The molecule has 1 heterocycles. The van der Waals surface area contributed by atoms with E-state index in [1.165, 1.54) is 31.0 Å². The van der Waals surface area contributed by atoms with Gasteiger partial charge in [-0.25, -0.2) is 0 Å². The Hall–Kier alpha value is -1.27. The lowest BCUT2D eigenvalue weighted by Gasteiger charge is -2.08. The van der Waals surface area contributed by atoms with Crippen LogP contribution in [-0.4, -0.2) is 28.8 Å². The SMILES string of the molecule is COc1cc(=O)n(C)cc1B(O)O. The molecule has 0 aliphatic carbocycles. The van der Waals surface area contributed by atoms with E-state index in [2.05, 4.69) is 0 Å². The smallest absolute Gasteiger partial charge is 0.493 e. The molecule has 0 saturated heterocycles. The summed E-state index contributed by atoms with van der Waals surface area (Å²) in [7, 11) is 1.25. The van der Waals surface area contributed by atoms with Gasteiger partial charge in [0.05, 0.1) is 7.11 Å². The summed E-state index contributed by atoms with van der Waals surface area (Å²) in [4.78, 5) is 11.1. The zero-order valence-electron chi connectivity index (χ0n) is 7.39. The van der Waals surface area contributed by atoms with E-state index < -0.39 is 7.12 Å². The molecule has 2 N–H and O–H groups in total. The quantitative estimate of drug-likeness (QED) is 0.524. The number of methoxy groups -OCH3 is 1. The minimum absolute atomic E-state index is 0.171. The predicted octanol–water partition coefficient (Wildman–Crippen LogP) is -1.93. The normalized spacial score (nSPS) is 9.85. The average Bonchev–Trinajstić information content (AvgIpc) is 2.08. The number of rotatable bonds is 2. The summed E-state index contributed by atoms with van der Waals surface area (Å²) in [5.74, 6) is 0.179. The van der Waals surface area contributed by atoms with Crippen LogP contribution >= 0.6 is 0 Å². The number of aromatic nitrogens is 1.